The summed E-state index contributed by atoms with van der Waals surface area (Å²) >= 11 is 4.83. The zero-order chi connectivity index (χ0) is 11.4. The zero-order valence-electron chi connectivity index (χ0n) is 8.79. The third kappa shape index (κ3) is 3.16. The number of hydrogen-bond acceptors (Lipinski definition) is 2. The van der Waals surface area contributed by atoms with Crippen LogP contribution >= 0.6 is 12.2 Å². The van der Waals surface area contributed by atoms with Crippen LogP contribution in [0.3, 0.4) is 0 Å². The fourth-order valence-corrected chi connectivity index (χ4v) is 1.75. The van der Waals surface area contributed by atoms with E-state index >= 15 is 0 Å². The Morgan fingerprint density at radius 3 is 2.80 bits per heavy atom. The monoisotopic (exact) mass is 227 g/mol. The van der Waals surface area contributed by atoms with Crippen molar-refractivity contribution in [3.63, 3.8) is 0 Å². The van der Waals surface area contributed by atoms with E-state index in [0.29, 0.717) is 17.2 Å². The quantitative estimate of drug-likeness (QED) is 0.803. The van der Waals surface area contributed by atoms with Crippen LogP contribution in [0.5, 0.6) is 5.75 Å². The summed E-state index contributed by atoms with van der Waals surface area (Å²) in [7, 11) is 1.56. The molecule has 0 aliphatic rings. The van der Waals surface area contributed by atoms with E-state index in [2.05, 4.69) is 0 Å². The molecule has 82 valence electrons. The lowest BCUT2D eigenvalue weighted by Crippen LogP contribution is -2.12. The molecule has 2 nitrogen and oxygen atoms in total. The normalized spacial score (nSPS) is 12.2. The van der Waals surface area contributed by atoms with Crippen LogP contribution in [-0.2, 0) is 0 Å². The summed E-state index contributed by atoms with van der Waals surface area (Å²) in [4.78, 5) is 0.425. The van der Waals surface area contributed by atoms with Crippen molar-refractivity contribution < 1.29 is 9.13 Å². The number of hydrogen-bond donors (Lipinski definition) is 1. The van der Waals surface area contributed by atoms with Crippen molar-refractivity contribution in [2.75, 3.05) is 7.11 Å². The van der Waals surface area contributed by atoms with Gasteiger partial charge in [0.05, 0.1) is 12.1 Å². The molecule has 1 unspecified atom stereocenters. The van der Waals surface area contributed by atoms with Gasteiger partial charge in [0.1, 0.15) is 11.6 Å². The summed E-state index contributed by atoms with van der Waals surface area (Å²) in [5.41, 5.74) is 6.25. The van der Waals surface area contributed by atoms with E-state index in [1.54, 1.807) is 13.2 Å². The molecule has 1 aromatic rings. The van der Waals surface area contributed by atoms with Crippen LogP contribution in [0.15, 0.2) is 18.2 Å². The Hall–Kier alpha value is -1.16. The van der Waals surface area contributed by atoms with E-state index in [9.17, 15) is 4.39 Å². The zero-order valence-corrected chi connectivity index (χ0v) is 9.60. The maximum Gasteiger partial charge on any atom is 0.123 e. The molecule has 0 heterocycles. The summed E-state index contributed by atoms with van der Waals surface area (Å²) in [6.45, 7) is 1.94. The number of nitrogens with two attached hydrogens (primary N) is 1. The van der Waals surface area contributed by atoms with Gasteiger partial charge in [-0.05, 0) is 24.1 Å². The first-order valence-electron chi connectivity index (χ1n) is 4.66. The molecule has 0 aliphatic heterocycles. The van der Waals surface area contributed by atoms with Crippen molar-refractivity contribution in [1.29, 1.82) is 0 Å². The molecule has 0 fully saturated rings. The second-order valence-corrected chi connectivity index (χ2v) is 3.98. The topological polar surface area (TPSA) is 35.2 Å². The molecule has 0 saturated heterocycles. The highest BCUT2D eigenvalue weighted by Crippen LogP contribution is 2.29. The molecule has 1 atom stereocenters. The lowest BCUT2D eigenvalue weighted by molar-refractivity contribution is 0.405. The predicted octanol–water partition coefficient (Wildman–Crippen LogP) is 2.61. The van der Waals surface area contributed by atoms with Crippen LogP contribution < -0.4 is 10.5 Å². The Morgan fingerprint density at radius 1 is 1.60 bits per heavy atom. The first-order valence-corrected chi connectivity index (χ1v) is 5.07. The van der Waals surface area contributed by atoms with Gasteiger partial charge < -0.3 is 10.5 Å². The Balaban J connectivity index is 2.99. The smallest absolute Gasteiger partial charge is 0.123 e. The Kier molecular flexibility index (Phi) is 4.03. The number of thiocarbonyl (C=S) groups is 1. The summed E-state index contributed by atoms with van der Waals surface area (Å²) in [5.74, 6) is 0.453. The van der Waals surface area contributed by atoms with E-state index in [4.69, 9.17) is 22.7 Å². The molecule has 0 saturated carbocycles. The van der Waals surface area contributed by atoms with E-state index in [1.807, 2.05) is 6.92 Å². The van der Waals surface area contributed by atoms with Crippen LogP contribution in [0.2, 0.25) is 0 Å². The van der Waals surface area contributed by atoms with Crippen LogP contribution in [0, 0.1) is 5.82 Å². The fraction of sp³-hybridized carbons (Fsp3) is 0.364. The lowest BCUT2D eigenvalue weighted by Gasteiger charge is -2.14. The Labute approximate surface area is 94.2 Å². The standard InChI is InChI=1S/C11H14FNOS/c1-7(5-11(13)15)9-6-8(12)3-4-10(9)14-2/h3-4,6-7H,5H2,1-2H3,(H2,13,15). The number of methoxy groups -OCH3 is 1. The number of rotatable bonds is 4. The molecule has 0 aliphatic carbocycles. The van der Waals surface area contributed by atoms with Gasteiger partial charge in [-0.25, -0.2) is 4.39 Å². The molecule has 0 amide bonds. The van der Waals surface area contributed by atoms with E-state index in [-0.39, 0.29) is 11.7 Å². The first-order chi connectivity index (χ1) is 7.04. The maximum absolute atomic E-state index is 13.1. The molecule has 2 N–H and O–H groups in total. The van der Waals surface area contributed by atoms with Crippen LogP contribution in [0.25, 0.3) is 0 Å². The first kappa shape index (κ1) is 11.9. The van der Waals surface area contributed by atoms with Gasteiger partial charge in [-0.1, -0.05) is 19.1 Å². The SMILES string of the molecule is COc1ccc(F)cc1C(C)CC(N)=S. The van der Waals surface area contributed by atoms with Crippen LogP contribution in [-0.4, -0.2) is 12.1 Å². The van der Waals surface area contributed by atoms with Gasteiger partial charge in [-0.3, -0.25) is 0 Å². The van der Waals surface area contributed by atoms with Crippen molar-refractivity contribution in [1.82, 2.24) is 0 Å². The highest BCUT2D eigenvalue weighted by atomic mass is 32.1. The lowest BCUT2D eigenvalue weighted by atomic mass is 9.97. The van der Waals surface area contributed by atoms with Crippen LogP contribution in [0.4, 0.5) is 4.39 Å². The molecule has 1 aromatic carbocycles. The molecule has 0 radical (unpaired) electrons. The molecular weight excluding hydrogens is 213 g/mol. The van der Waals surface area contributed by atoms with Gasteiger partial charge in [0.25, 0.3) is 0 Å². The third-order valence-electron chi connectivity index (χ3n) is 2.23. The highest BCUT2D eigenvalue weighted by molar-refractivity contribution is 7.80. The minimum absolute atomic E-state index is 0.0631. The Morgan fingerprint density at radius 2 is 2.27 bits per heavy atom. The molecule has 0 aromatic heterocycles. The van der Waals surface area contributed by atoms with E-state index in [0.717, 1.165) is 5.56 Å². The molecule has 0 spiro atoms. The molecular formula is C11H14FNOS. The molecule has 4 heteroatoms. The summed E-state index contributed by atoms with van der Waals surface area (Å²) in [5, 5.41) is 0. The predicted molar refractivity (Wildman–Crippen MR) is 62.8 cm³/mol. The molecule has 1 rings (SSSR count). The average molecular weight is 227 g/mol. The number of benzene rings is 1. The van der Waals surface area contributed by atoms with Gasteiger partial charge in [0.2, 0.25) is 0 Å². The largest absolute Gasteiger partial charge is 0.496 e. The maximum atomic E-state index is 13.1. The van der Waals surface area contributed by atoms with Gasteiger partial charge in [0, 0.05) is 12.0 Å². The Bertz CT molecular complexity index is 368. The van der Waals surface area contributed by atoms with E-state index < -0.39 is 0 Å². The second kappa shape index (κ2) is 5.07. The fourth-order valence-electron chi connectivity index (χ4n) is 1.50. The van der Waals surface area contributed by atoms with Gasteiger partial charge in [-0.2, -0.15) is 0 Å². The highest BCUT2D eigenvalue weighted by Gasteiger charge is 2.13. The molecule has 0 bridgehead atoms. The second-order valence-electron chi connectivity index (χ2n) is 3.46. The average Bonchev–Trinajstić information content (AvgIpc) is 2.16. The van der Waals surface area contributed by atoms with Gasteiger partial charge >= 0.3 is 0 Å². The number of halogens is 1. The summed E-state index contributed by atoms with van der Waals surface area (Å²) in [6, 6.07) is 4.44. The minimum Gasteiger partial charge on any atom is -0.496 e. The van der Waals surface area contributed by atoms with Gasteiger partial charge in [0.15, 0.2) is 0 Å². The van der Waals surface area contributed by atoms with Gasteiger partial charge in [-0.15, -0.1) is 0 Å². The van der Waals surface area contributed by atoms with E-state index in [1.165, 1.54) is 12.1 Å². The summed E-state index contributed by atoms with van der Waals surface area (Å²) < 4.78 is 18.2. The third-order valence-corrected chi connectivity index (χ3v) is 2.40. The minimum atomic E-state index is -0.277. The van der Waals surface area contributed by atoms with Crippen molar-refractivity contribution in [2.45, 2.75) is 19.3 Å². The van der Waals surface area contributed by atoms with Crippen molar-refractivity contribution in [2.24, 2.45) is 5.73 Å². The van der Waals surface area contributed by atoms with Crippen molar-refractivity contribution >= 4 is 17.2 Å². The van der Waals surface area contributed by atoms with Crippen molar-refractivity contribution in [3.8, 4) is 5.75 Å². The summed E-state index contributed by atoms with van der Waals surface area (Å²) in [6.07, 6.45) is 0.551. The number of ether oxygens (including phenoxy) is 1. The van der Waals surface area contributed by atoms with Crippen molar-refractivity contribution in [3.05, 3.63) is 29.6 Å². The molecule has 15 heavy (non-hydrogen) atoms. The van der Waals surface area contributed by atoms with Crippen LogP contribution in [0.1, 0.15) is 24.8 Å².